The molecule has 0 aromatic heterocycles. The number of hydrogen-bond donors (Lipinski definition) is 7. The standard InChI is InChI=1S/C21H26N6O4/c1-27(2)10-9-25-12-4-6-14(29)18-16(12)20(31)17-13(28)5-3-11(15(17)19(18)30)24-7-8-26-21(22)23/h3-6,24-25,28-29H,7-10H2,1-2H3,(H4,22,23,26). The summed E-state index contributed by atoms with van der Waals surface area (Å²) in [6, 6.07) is 5.76. The molecule has 1 aliphatic carbocycles. The molecule has 10 heteroatoms. The monoisotopic (exact) mass is 426 g/mol. The SMILES string of the molecule is CN(C)CCNc1ccc(O)c2c1C(=O)c1c(O)ccc(NCCNC(=N)N)c1C2=O. The molecule has 0 spiro atoms. The Balaban J connectivity index is 2.01. The van der Waals surface area contributed by atoms with Crippen LogP contribution in [0.2, 0.25) is 0 Å². The van der Waals surface area contributed by atoms with Crippen LogP contribution in [0.4, 0.5) is 11.4 Å². The predicted molar refractivity (Wildman–Crippen MR) is 119 cm³/mol. The van der Waals surface area contributed by atoms with Gasteiger partial charge >= 0.3 is 0 Å². The molecule has 0 unspecified atom stereocenters. The Bertz CT molecular complexity index is 1050. The lowest BCUT2D eigenvalue weighted by molar-refractivity contribution is 0.0975. The van der Waals surface area contributed by atoms with Crippen molar-refractivity contribution in [3.8, 4) is 11.5 Å². The maximum absolute atomic E-state index is 13.4. The summed E-state index contributed by atoms with van der Waals surface area (Å²) in [5, 5.41) is 36.8. The molecule has 0 heterocycles. The summed E-state index contributed by atoms with van der Waals surface area (Å²) in [7, 11) is 3.83. The Morgan fingerprint density at radius 3 is 1.81 bits per heavy atom. The lowest BCUT2D eigenvalue weighted by atomic mass is 9.81. The Kier molecular flexibility index (Phi) is 6.30. The Morgan fingerprint density at radius 2 is 1.35 bits per heavy atom. The van der Waals surface area contributed by atoms with Crippen LogP contribution in [0.5, 0.6) is 11.5 Å². The molecule has 0 saturated carbocycles. The molecular formula is C21H26N6O4. The van der Waals surface area contributed by atoms with E-state index >= 15 is 0 Å². The van der Waals surface area contributed by atoms with Gasteiger partial charge in [-0.05, 0) is 38.4 Å². The van der Waals surface area contributed by atoms with E-state index < -0.39 is 11.6 Å². The molecule has 0 bridgehead atoms. The van der Waals surface area contributed by atoms with Crippen molar-refractivity contribution in [1.82, 2.24) is 10.2 Å². The largest absolute Gasteiger partial charge is 0.507 e. The summed E-state index contributed by atoms with van der Waals surface area (Å²) in [6.07, 6.45) is 0. The van der Waals surface area contributed by atoms with Gasteiger partial charge in [-0.2, -0.15) is 0 Å². The quantitative estimate of drug-likeness (QED) is 0.119. The number of ketones is 2. The molecule has 164 valence electrons. The van der Waals surface area contributed by atoms with E-state index in [0.29, 0.717) is 37.6 Å². The molecule has 0 amide bonds. The number of hydrogen-bond acceptors (Lipinski definition) is 8. The number of carbonyl (C=O) groups is 2. The average Bonchev–Trinajstić information content (AvgIpc) is 2.70. The first-order valence-corrected chi connectivity index (χ1v) is 9.74. The number of anilines is 2. The molecule has 31 heavy (non-hydrogen) atoms. The molecule has 1 aliphatic rings. The van der Waals surface area contributed by atoms with Crippen LogP contribution in [-0.2, 0) is 0 Å². The van der Waals surface area contributed by atoms with E-state index in [4.69, 9.17) is 11.1 Å². The predicted octanol–water partition coefficient (Wildman–Crippen LogP) is 0.742. The van der Waals surface area contributed by atoms with Crippen molar-refractivity contribution in [2.45, 2.75) is 0 Å². The Hall–Kier alpha value is -3.79. The number of guanidine groups is 1. The lowest BCUT2D eigenvalue weighted by Gasteiger charge is -2.24. The molecule has 0 aliphatic heterocycles. The summed E-state index contributed by atoms with van der Waals surface area (Å²) in [5.41, 5.74) is 5.85. The second-order valence-electron chi connectivity index (χ2n) is 7.42. The van der Waals surface area contributed by atoms with Crippen molar-refractivity contribution in [2.75, 3.05) is 50.9 Å². The van der Waals surface area contributed by atoms with Crippen molar-refractivity contribution in [3.63, 3.8) is 0 Å². The fourth-order valence-electron chi connectivity index (χ4n) is 3.47. The number of nitrogens with one attached hydrogen (secondary N) is 4. The van der Waals surface area contributed by atoms with Gasteiger partial charge < -0.3 is 36.8 Å². The second-order valence-corrected chi connectivity index (χ2v) is 7.42. The molecular weight excluding hydrogens is 400 g/mol. The molecule has 3 rings (SSSR count). The van der Waals surface area contributed by atoms with Crippen LogP contribution in [0.1, 0.15) is 31.8 Å². The highest BCUT2D eigenvalue weighted by atomic mass is 16.3. The summed E-state index contributed by atoms with van der Waals surface area (Å²) in [4.78, 5) is 28.7. The van der Waals surface area contributed by atoms with E-state index in [-0.39, 0.29) is 39.7 Å². The minimum absolute atomic E-state index is 0.000988. The third kappa shape index (κ3) is 4.38. The Labute approximate surface area is 179 Å². The molecule has 0 radical (unpaired) electrons. The number of benzene rings is 2. The zero-order chi connectivity index (χ0) is 22.7. The van der Waals surface area contributed by atoms with E-state index in [1.54, 1.807) is 6.07 Å². The first kappa shape index (κ1) is 21.9. The van der Waals surface area contributed by atoms with Gasteiger partial charge in [0.15, 0.2) is 5.96 Å². The first-order valence-electron chi connectivity index (χ1n) is 9.74. The van der Waals surface area contributed by atoms with Gasteiger partial charge in [-0.25, -0.2) is 0 Å². The minimum Gasteiger partial charge on any atom is -0.507 e. The van der Waals surface area contributed by atoms with Crippen molar-refractivity contribution in [3.05, 3.63) is 46.5 Å². The topological polar surface area (TPSA) is 164 Å². The van der Waals surface area contributed by atoms with Crippen LogP contribution in [0.3, 0.4) is 0 Å². The van der Waals surface area contributed by atoms with Crippen molar-refractivity contribution >= 4 is 28.9 Å². The third-order valence-electron chi connectivity index (χ3n) is 4.91. The number of phenols is 2. The normalized spacial score (nSPS) is 12.4. The van der Waals surface area contributed by atoms with E-state index in [1.165, 1.54) is 18.2 Å². The number of aromatic hydroxyl groups is 2. The van der Waals surface area contributed by atoms with Crippen LogP contribution in [0.25, 0.3) is 0 Å². The molecule has 8 N–H and O–H groups in total. The number of fused-ring (bicyclic) bond motifs is 2. The molecule has 0 atom stereocenters. The van der Waals surface area contributed by atoms with Gasteiger partial charge in [0.1, 0.15) is 11.5 Å². The van der Waals surface area contributed by atoms with Gasteiger partial charge in [0.2, 0.25) is 11.6 Å². The highest BCUT2D eigenvalue weighted by molar-refractivity contribution is 6.33. The summed E-state index contributed by atoms with van der Waals surface area (Å²) in [5.74, 6) is -1.90. The van der Waals surface area contributed by atoms with Crippen LogP contribution >= 0.6 is 0 Å². The van der Waals surface area contributed by atoms with Crippen molar-refractivity contribution < 1.29 is 19.8 Å². The van der Waals surface area contributed by atoms with Crippen molar-refractivity contribution in [2.24, 2.45) is 5.73 Å². The van der Waals surface area contributed by atoms with Crippen molar-refractivity contribution in [1.29, 1.82) is 5.41 Å². The Morgan fingerprint density at radius 1 is 0.871 bits per heavy atom. The highest BCUT2D eigenvalue weighted by Crippen LogP contribution is 2.42. The smallest absolute Gasteiger partial charge is 0.200 e. The van der Waals surface area contributed by atoms with E-state index in [2.05, 4.69) is 16.0 Å². The zero-order valence-corrected chi connectivity index (χ0v) is 17.4. The van der Waals surface area contributed by atoms with Crippen LogP contribution < -0.4 is 21.7 Å². The fourth-order valence-corrected chi connectivity index (χ4v) is 3.47. The molecule has 2 aromatic rings. The lowest BCUT2D eigenvalue weighted by Crippen LogP contribution is -2.34. The third-order valence-corrected chi connectivity index (χ3v) is 4.91. The van der Waals surface area contributed by atoms with Crippen LogP contribution in [0, 0.1) is 5.41 Å². The summed E-state index contributed by atoms with van der Waals surface area (Å²) < 4.78 is 0. The number of nitrogens with two attached hydrogens (primary N) is 1. The van der Waals surface area contributed by atoms with E-state index in [9.17, 15) is 19.8 Å². The molecule has 0 fully saturated rings. The van der Waals surface area contributed by atoms with E-state index in [1.807, 2.05) is 19.0 Å². The van der Waals surface area contributed by atoms with Gasteiger partial charge in [-0.15, -0.1) is 0 Å². The number of nitrogens with zero attached hydrogens (tertiary/aromatic N) is 1. The van der Waals surface area contributed by atoms with Gasteiger partial charge in [-0.1, -0.05) is 0 Å². The van der Waals surface area contributed by atoms with Gasteiger partial charge in [0.25, 0.3) is 0 Å². The number of phenolic OH excluding ortho intramolecular Hbond substituents is 2. The van der Waals surface area contributed by atoms with Gasteiger partial charge in [0, 0.05) is 37.6 Å². The first-order chi connectivity index (χ1) is 14.7. The zero-order valence-electron chi connectivity index (χ0n) is 17.4. The maximum Gasteiger partial charge on any atom is 0.200 e. The van der Waals surface area contributed by atoms with E-state index in [0.717, 1.165) is 0 Å². The van der Waals surface area contributed by atoms with Gasteiger partial charge in [-0.3, -0.25) is 15.0 Å². The molecule has 0 saturated heterocycles. The second kappa shape index (κ2) is 8.92. The maximum atomic E-state index is 13.4. The molecule has 2 aromatic carbocycles. The fraction of sp³-hybridized carbons (Fsp3) is 0.286. The van der Waals surface area contributed by atoms with Crippen LogP contribution in [0.15, 0.2) is 24.3 Å². The summed E-state index contributed by atoms with van der Waals surface area (Å²) in [6.45, 7) is 1.84. The number of likely N-dealkylation sites (N-methyl/N-ethyl adjacent to an activating group) is 1. The number of carbonyl (C=O) groups excluding carboxylic acids is 2. The van der Waals surface area contributed by atoms with Crippen LogP contribution in [-0.4, -0.2) is 72.9 Å². The van der Waals surface area contributed by atoms with Gasteiger partial charge in [0.05, 0.1) is 22.3 Å². The average molecular weight is 426 g/mol. The molecule has 10 nitrogen and oxygen atoms in total. The summed E-state index contributed by atoms with van der Waals surface area (Å²) >= 11 is 0. The minimum atomic E-state index is -0.559. The number of rotatable bonds is 8. The highest BCUT2D eigenvalue weighted by Gasteiger charge is 2.37.